The Morgan fingerprint density at radius 2 is 2.09 bits per heavy atom. The molecule has 0 aromatic carbocycles. The second kappa shape index (κ2) is 7.28. The summed E-state index contributed by atoms with van der Waals surface area (Å²) in [5, 5.41) is 12.2. The minimum atomic E-state index is -0.341. The molecule has 0 aliphatic heterocycles. The van der Waals surface area contributed by atoms with E-state index in [-0.39, 0.29) is 11.9 Å². The van der Waals surface area contributed by atoms with Crippen molar-refractivity contribution in [1.29, 1.82) is 0 Å². The lowest BCUT2D eigenvalue weighted by Crippen LogP contribution is -2.32. The number of hydrogen-bond acceptors (Lipinski definition) is 3. The summed E-state index contributed by atoms with van der Waals surface area (Å²) >= 11 is 9.35. The molecule has 2 heterocycles. The lowest BCUT2D eigenvalue weighted by Gasteiger charge is -2.12. The van der Waals surface area contributed by atoms with Crippen LogP contribution in [0, 0.1) is 13.8 Å². The fraction of sp³-hybridized carbons (Fsp3) is 0.500. The molecule has 1 N–H and O–H groups in total. The Morgan fingerprint density at radius 3 is 2.64 bits per heavy atom. The maximum Gasteiger partial charge on any atom is 0.244 e. The fourth-order valence-corrected chi connectivity index (χ4v) is 2.43. The Morgan fingerprint density at radius 1 is 1.36 bits per heavy atom. The van der Waals surface area contributed by atoms with Crippen molar-refractivity contribution in [2.24, 2.45) is 0 Å². The van der Waals surface area contributed by atoms with Crippen molar-refractivity contribution in [2.45, 2.75) is 39.8 Å². The Labute approximate surface area is 143 Å². The predicted octanol–water partition coefficient (Wildman–Crippen LogP) is 2.88. The zero-order valence-corrected chi connectivity index (χ0v) is 15.1. The van der Waals surface area contributed by atoms with Crippen LogP contribution in [0.5, 0.6) is 0 Å². The van der Waals surface area contributed by atoms with Gasteiger partial charge in [0.25, 0.3) is 0 Å². The Balaban J connectivity index is 1.77. The van der Waals surface area contributed by atoms with Crippen molar-refractivity contribution in [1.82, 2.24) is 24.9 Å². The molecule has 0 bridgehead atoms. The van der Waals surface area contributed by atoms with E-state index in [1.165, 1.54) is 0 Å². The van der Waals surface area contributed by atoms with E-state index < -0.39 is 0 Å². The van der Waals surface area contributed by atoms with Crippen LogP contribution in [0.2, 0.25) is 5.02 Å². The molecule has 8 heteroatoms. The first-order chi connectivity index (χ1) is 10.4. The van der Waals surface area contributed by atoms with Gasteiger partial charge in [0.1, 0.15) is 6.04 Å². The van der Waals surface area contributed by atoms with Crippen LogP contribution in [-0.4, -0.2) is 32.0 Å². The zero-order valence-electron chi connectivity index (χ0n) is 12.8. The molecule has 2 rings (SSSR count). The predicted molar refractivity (Wildman–Crippen MR) is 89.0 cm³/mol. The van der Waals surface area contributed by atoms with Gasteiger partial charge >= 0.3 is 0 Å². The second-order valence-corrected chi connectivity index (χ2v) is 6.45. The highest BCUT2D eigenvalue weighted by Gasteiger charge is 2.16. The zero-order chi connectivity index (χ0) is 16.3. The fourth-order valence-electron chi connectivity index (χ4n) is 1.99. The minimum absolute atomic E-state index is 0.0512. The molecule has 0 saturated heterocycles. The van der Waals surface area contributed by atoms with E-state index in [0.717, 1.165) is 22.3 Å². The quantitative estimate of drug-likeness (QED) is 0.774. The van der Waals surface area contributed by atoms with Crippen molar-refractivity contribution in [2.75, 3.05) is 6.54 Å². The summed E-state index contributed by atoms with van der Waals surface area (Å²) in [6.07, 6.45) is 4.40. The van der Waals surface area contributed by atoms with Gasteiger partial charge in [0, 0.05) is 25.5 Å². The molecule has 2 aromatic rings. The van der Waals surface area contributed by atoms with Crippen LogP contribution in [-0.2, 0) is 11.3 Å². The summed E-state index contributed by atoms with van der Waals surface area (Å²) in [6, 6.07) is -0.341. The SMILES string of the molecule is Cc1nn(CCCNC(=O)C(C)n2cc(Br)c(C)n2)cc1Cl. The molecule has 22 heavy (non-hydrogen) atoms. The summed E-state index contributed by atoms with van der Waals surface area (Å²) in [6.45, 7) is 6.88. The summed E-state index contributed by atoms with van der Waals surface area (Å²) in [5.74, 6) is -0.0512. The number of rotatable bonds is 6. The third-order valence-corrected chi connectivity index (χ3v) is 4.53. The number of carbonyl (C=O) groups excluding carboxylic acids is 1. The second-order valence-electron chi connectivity index (χ2n) is 5.19. The standard InChI is InChI=1S/C14H19BrClN5O/c1-9-12(15)7-21(19-9)11(3)14(22)17-5-4-6-20-8-13(16)10(2)18-20/h7-8,11H,4-6H2,1-3H3,(H,17,22). The lowest BCUT2D eigenvalue weighted by atomic mass is 10.3. The Hall–Kier alpha value is -1.34. The molecular weight excluding hydrogens is 370 g/mol. The van der Waals surface area contributed by atoms with Gasteiger partial charge in [-0.15, -0.1) is 0 Å². The number of halogens is 2. The number of amides is 1. The number of nitrogens with zero attached hydrogens (tertiary/aromatic N) is 4. The smallest absolute Gasteiger partial charge is 0.244 e. The van der Waals surface area contributed by atoms with Crippen LogP contribution >= 0.6 is 27.5 Å². The molecule has 0 aliphatic rings. The number of aryl methyl sites for hydroxylation is 3. The summed E-state index contributed by atoms with van der Waals surface area (Å²) in [5.41, 5.74) is 1.68. The van der Waals surface area contributed by atoms with Gasteiger partial charge in [-0.05, 0) is 43.1 Å². The number of aromatic nitrogens is 4. The van der Waals surface area contributed by atoms with Gasteiger partial charge in [0.05, 0.1) is 20.9 Å². The number of carbonyl (C=O) groups is 1. The number of nitrogens with one attached hydrogen (secondary N) is 1. The van der Waals surface area contributed by atoms with E-state index in [0.29, 0.717) is 18.1 Å². The maximum absolute atomic E-state index is 12.1. The third kappa shape index (κ3) is 4.10. The first-order valence-electron chi connectivity index (χ1n) is 7.07. The highest BCUT2D eigenvalue weighted by molar-refractivity contribution is 9.10. The van der Waals surface area contributed by atoms with Gasteiger partial charge in [-0.2, -0.15) is 10.2 Å². The molecular formula is C14H19BrClN5O. The van der Waals surface area contributed by atoms with Crippen LogP contribution in [0.15, 0.2) is 16.9 Å². The maximum atomic E-state index is 12.1. The average Bonchev–Trinajstić information content (AvgIpc) is 2.97. The van der Waals surface area contributed by atoms with Gasteiger partial charge in [-0.3, -0.25) is 14.2 Å². The van der Waals surface area contributed by atoms with Gasteiger partial charge in [0.15, 0.2) is 0 Å². The van der Waals surface area contributed by atoms with Crippen LogP contribution in [0.1, 0.15) is 30.8 Å². The number of hydrogen-bond donors (Lipinski definition) is 1. The molecule has 1 atom stereocenters. The highest BCUT2D eigenvalue weighted by atomic mass is 79.9. The van der Waals surface area contributed by atoms with Crippen LogP contribution < -0.4 is 5.32 Å². The van der Waals surface area contributed by atoms with E-state index in [2.05, 4.69) is 31.4 Å². The minimum Gasteiger partial charge on any atom is -0.354 e. The van der Waals surface area contributed by atoms with E-state index >= 15 is 0 Å². The summed E-state index contributed by atoms with van der Waals surface area (Å²) < 4.78 is 4.35. The average molecular weight is 389 g/mol. The first-order valence-corrected chi connectivity index (χ1v) is 8.24. The lowest BCUT2D eigenvalue weighted by molar-refractivity contribution is -0.124. The largest absolute Gasteiger partial charge is 0.354 e. The summed E-state index contributed by atoms with van der Waals surface area (Å²) in [7, 11) is 0. The molecule has 0 saturated carbocycles. The van der Waals surface area contributed by atoms with Crippen LogP contribution in [0.3, 0.4) is 0 Å². The first kappa shape index (κ1) is 17.0. The molecule has 2 aromatic heterocycles. The normalized spacial score (nSPS) is 12.4. The van der Waals surface area contributed by atoms with Crippen molar-refractivity contribution in [3.8, 4) is 0 Å². The van der Waals surface area contributed by atoms with E-state index in [1.807, 2.05) is 27.0 Å². The Bertz CT molecular complexity index is 627. The highest BCUT2D eigenvalue weighted by Crippen LogP contribution is 2.16. The van der Waals surface area contributed by atoms with Gasteiger partial charge < -0.3 is 5.32 Å². The topological polar surface area (TPSA) is 64.7 Å². The third-order valence-electron chi connectivity index (χ3n) is 3.38. The van der Waals surface area contributed by atoms with E-state index in [1.54, 1.807) is 15.6 Å². The van der Waals surface area contributed by atoms with Crippen LogP contribution in [0.4, 0.5) is 0 Å². The van der Waals surface area contributed by atoms with Gasteiger partial charge in [-0.1, -0.05) is 11.6 Å². The molecule has 0 radical (unpaired) electrons. The molecule has 120 valence electrons. The van der Waals surface area contributed by atoms with Crippen molar-refractivity contribution < 1.29 is 4.79 Å². The summed E-state index contributed by atoms with van der Waals surface area (Å²) in [4.78, 5) is 12.1. The van der Waals surface area contributed by atoms with E-state index in [9.17, 15) is 4.79 Å². The van der Waals surface area contributed by atoms with Crippen molar-refractivity contribution in [3.63, 3.8) is 0 Å². The van der Waals surface area contributed by atoms with Crippen LogP contribution in [0.25, 0.3) is 0 Å². The molecule has 1 amide bonds. The molecule has 0 spiro atoms. The monoisotopic (exact) mass is 387 g/mol. The van der Waals surface area contributed by atoms with E-state index in [4.69, 9.17) is 11.6 Å². The molecule has 0 fully saturated rings. The molecule has 6 nitrogen and oxygen atoms in total. The van der Waals surface area contributed by atoms with Crippen molar-refractivity contribution in [3.05, 3.63) is 33.3 Å². The van der Waals surface area contributed by atoms with Gasteiger partial charge in [-0.25, -0.2) is 0 Å². The molecule has 0 aliphatic carbocycles. The van der Waals surface area contributed by atoms with Gasteiger partial charge in [0.2, 0.25) is 5.91 Å². The molecule has 1 unspecified atom stereocenters. The van der Waals surface area contributed by atoms with Crippen molar-refractivity contribution >= 4 is 33.4 Å². The Kier molecular flexibility index (Phi) is 5.63.